The molecule has 2 bridgehead atoms. The third-order valence-electron chi connectivity index (χ3n) is 6.95. The monoisotopic (exact) mass is 453 g/mol. The molecule has 8 nitrogen and oxygen atoms in total. The van der Waals surface area contributed by atoms with Crippen LogP contribution in [0.2, 0.25) is 0 Å². The normalized spacial score (nSPS) is 25.8. The maximum atomic E-state index is 13.5. The topological polar surface area (TPSA) is 81.0 Å². The van der Waals surface area contributed by atoms with Crippen LogP contribution >= 0.6 is 0 Å². The van der Waals surface area contributed by atoms with Gasteiger partial charge in [0.25, 0.3) is 0 Å². The molecule has 4 atom stereocenters. The Morgan fingerprint density at radius 1 is 1.00 bits per heavy atom. The number of aryl methyl sites for hydroxylation is 2. The summed E-state index contributed by atoms with van der Waals surface area (Å²) < 4.78 is 34.7. The molecule has 1 N–H and O–H groups in total. The first kappa shape index (κ1) is 20.3. The number of aromatic nitrogens is 5. The highest BCUT2D eigenvalue weighted by molar-refractivity contribution is 5.41. The van der Waals surface area contributed by atoms with E-state index in [2.05, 4.69) is 30.3 Å². The molecule has 10 heteroatoms. The molecule has 0 radical (unpaired) electrons. The van der Waals surface area contributed by atoms with E-state index in [-0.39, 0.29) is 11.9 Å². The molecule has 3 aromatic rings. The third-order valence-corrected chi connectivity index (χ3v) is 6.95. The smallest absolute Gasteiger partial charge is 0.242 e. The molecule has 1 aliphatic carbocycles. The Morgan fingerprint density at radius 3 is 2.48 bits per heavy atom. The van der Waals surface area contributed by atoms with Gasteiger partial charge in [0.1, 0.15) is 29.5 Å². The van der Waals surface area contributed by atoms with Gasteiger partial charge in [-0.1, -0.05) is 0 Å². The summed E-state index contributed by atoms with van der Waals surface area (Å²) in [6.07, 6.45) is 4.23. The van der Waals surface area contributed by atoms with Gasteiger partial charge in [-0.3, -0.25) is 0 Å². The Morgan fingerprint density at radius 2 is 1.76 bits per heavy atom. The molecule has 6 rings (SSSR count). The van der Waals surface area contributed by atoms with Crippen molar-refractivity contribution in [1.82, 2.24) is 24.7 Å². The van der Waals surface area contributed by atoms with Crippen molar-refractivity contribution in [3.8, 4) is 5.75 Å². The van der Waals surface area contributed by atoms with Crippen LogP contribution in [0.3, 0.4) is 0 Å². The first-order valence-electron chi connectivity index (χ1n) is 11.4. The van der Waals surface area contributed by atoms with Crippen LogP contribution in [0.1, 0.15) is 36.9 Å². The quantitative estimate of drug-likeness (QED) is 0.633. The summed E-state index contributed by atoms with van der Waals surface area (Å²) >= 11 is 0. The van der Waals surface area contributed by atoms with E-state index in [0.29, 0.717) is 42.6 Å². The average molecular weight is 453 g/mol. The summed E-state index contributed by atoms with van der Waals surface area (Å²) in [6.45, 7) is 4.52. The zero-order valence-electron chi connectivity index (χ0n) is 18.3. The molecule has 1 saturated carbocycles. The molecule has 2 aromatic heterocycles. The van der Waals surface area contributed by atoms with Crippen molar-refractivity contribution >= 4 is 11.8 Å². The van der Waals surface area contributed by atoms with E-state index in [1.54, 1.807) is 6.33 Å². The zero-order chi connectivity index (χ0) is 22.5. The van der Waals surface area contributed by atoms with Crippen LogP contribution in [0.5, 0.6) is 5.75 Å². The summed E-state index contributed by atoms with van der Waals surface area (Å²) in [5, 5.41) is 8.21. The molecule has 0 spiro atoms. The van der Waals surface area contributed by atoms with Crippen molar-refractivity contribution < 1.29 is 13.5 Å². The summed E-state index contributed by atoms with van der Waals surface area (Å²) in [5.41, 5.74) is 0.974. The van der Waals surface area contributed by atoms with E-state index in [4.69, 9.17) is 4.74 Å². The van der Waals surface area contributed by atoms with Gasteiger partial charge >= 0.3 is 0 Å². The highest BCUT2D eigenvalue weighted by Gasteiger charge is 2.43. The number of nitrogens with one attached hydrogen (secondary N) is 1. The molecule has 2 fully saturated rings. The molecule has 3 aliphatic rings. The van der Waals surface area contributed by atoms with Gasteiger partial charge in [0.2, 0.25) is 5.95 Å². The van der Waals surface area contributed by atoms with Crippen molar-refractivity contribution in [1.29, 1.82) is 0 Å². The molecule has 1 unspecified atom stereocenters. The Bertz CT molecular complexity index is 1150. The fraction of sp³-hybridized carbons (Fsp3) is 0.478. The molecule has 2 aliphatic heterocycles. The molecule has 0 amide bonds. The van der Waals surface area contributed by atoms with Crippen molar-refractivity contribution in [3.05, 3.63) is 53.7 Å². The molecule has 172 valence electrons. The highest BCUT2D eigenvalue weighted by atomic mass is 19.1. The number of nitrogens with zero attached hydrogens (tertiary/aromatic N) is 6. The number of piperidine rings is 1. The minimum absolute atomic E-state index is 0.161. The number of fused-ring (bicyclic) bond motifs is 3. The molecule has 33 heavy (non-hydrogen) atoms. The minimum atomic E-state index is -0.661. The minimum Gasteiger partial charge on any atom is -0.482 e. The standard InChI is InChI=1S/C23H25F2N7O/c1-13-6-20(27-12-26-13)31-10-14-2-3-15(11-31)21(14)28-23-29-22-19(4-5-32(22)30-23)33-18-8-16(24)7-17(25)9-18/h6-9,12,14-15,19,21H,2-5,10-11H2,1H3,(H,28,30)/t14-,15+,19-,21?/m1/s1. The van der Waals surface area contributed by atoms with Gasteiger partial charge in [0.05, 0.1) is 0 Å². The predicted molar refractivity (Wildman–Crippen MR) is 117 cm³/mol. The fourth-order valence-corrected chi connectivity index (χ4v) is 5.47. The van der Waals surface area contributed by atoms with Crippen molar-refractivity contribution in [3.63, 3.8) is 0 Å². The average Bonchev–Trinajstić information content (AvgIpc) is 3.39. The van der Waals surface area contributed by atoms with E-state index >= 15 is 0 Å². The van der Waals surface area contributed by atoms with Crippen molar-refractivity contribution in [2.45, 2.75) is 44.9 Å². The number of hydrogen-bond donors (Lipinski definition) is 1. The van der Waals surface area contributed by atoms with Gasteiger partial charge in [-0.25, -0.2) is 23.4 Å². The maximum Gasteiger partial charge on any atom is 0.242 e. The van der Waals surface area contributed by atoms with Gasteiger partial charge in [-0.2, -0.15) is 4.98 Å². The lowest BCUT2D eigenvalue weighted by Gasteiger charge is -2.38. The number of rotatable bonds is 5. The highest BCUT2D eigenvalue weighted by Crippen LogP contribution is 2.40. The Hall–Kier alpha value is -3.30. The van der Waals surface area contributed by atoms with Crippen molar-refractivity contribution in [2.24, 2.45) is 11.8 Å². The summed E-state index contributed by atoms with van der Waals surface area (Å²) in [6, 6.07) is 5.55. The van der Waals surface area contributed by atoms with Gasteiger partial charge in [0, 0.05) is 62.1 Å². The fourth-order valence-electron chi connectivity index (χ4n) is 5.47. The van der Waals surface area contributed by atoms with E-state index in [0.717, 1.165) is 43.5 Å². The first-order chi connectivity index (χ1) is 16.0. The van der Waals surface area contributed by atoms with Gasteiger partial charge < -0.3 is 15.0 Å². The van der Waals surface area contributed by atoms with Crippen LogP contribution in [0, 0.1) is 30.4 Å². The molecule has 1 saturated heterocycles. The summed E-state index contributed by atoms with van der Waals surface area (Å²) in [7, 11) is 0. The second-order valence-electron chi connectivity index (χ2n) is 9.21. The molecule has 4 heterocycles. The van der Waals surface area contributed by atoms with Crippen molar-refractivity contribution in [2.75, 3.05) is 23.3 Å². The number of benzene rings is 1. The second kappa shape index (κ2) is 7.93. The van der Waals surface area contributed by atoms with Crippen LogP contribution in [0.25, 0.3) is 0 Å². The maximum absolute atomic E-state index is 13.5. The SMILES string of the molecule is Cc1cc(N2C[C@H]3CC[C@@H](C2)C3Nc2nc3n(n2)CC[C@H]3Oc2cc(F)cc(F)c2)ncn1. The van der Waals surface area contributed by atoms with E-state index < -0.39 is 11.6 Å². The third kappa shape index (κ3) is 3.87. The van der Waals surface area contributed by atoms with E-state index in [1.165, 1.54) is 12.1 Å². The first-order valence-corrected chi connectivity index (χ1v) is 11.4. The van der Waals surface area contributed by atoms with Crippen LogP contribution in [-0.2, 0) is 6.54 Å². The molecular weight excluding hydrogens is 428 g/mol. The van der Waals surface area contributed by atoms with Crippen LogP contribution in [-0.4, -0.2) is 43.9 Å². The van der Waals surface area contributed by atoms with E-state index in [1.807, 2.05) is 17.7 Å². The van der Waals surface area contributed by atoms with Crippen LogP contribution in [0.15, 0.2) is 30.6 Å². The van der Waals surface area contributed by atoms with Crippen LogP contribution < -0.4 is 15.0 Å². The van der Waals surface area contributed by atoms with Gasteiger partial charge in [0.15, 0.2) is 11.9 Å². The van der Waals surface area contributed by atoms with Gasteiger partial charge in [-0.15, -0.1) is 5.10 Å². The Balaban J connectivity index is 1.15. The number of halogens is 2. The number of hydrogen-bond acceptors (Lipinski definition) is 7. The number of ether oxygens (including phenoxy) is 1. The zero-order valence-corrected chi connectivity index (χ0v) is 18.3. The summed E-state index contributed by atoms with van der Waals surface area (Å²) in [5.74, 6) is 2.08. The molecular formula is C23H25F2N7O. The predicted octanol–water partition coefficient (Wildman–Crippen LogP) is 3.51. The lowest BCUT2D eigenvalue weighted by atomic mass is 9.92. The largest absolute Gasteiger partial charge is 0.482 e. The Kier molecular flexibility index (Phi) is 4.88. The second-order valence-corrected chi connectivity index (χ2v) is 9.21. The number of anilines is 2. The lowest BCUT2D eigenvalue weighted by molar-refractivity contribution is 0.201. The van der Waals surface area contributed by atoms with Gasteiger partial charge in [-0.05, 0) is 31.6 Å². The van der Waals surface area contributed by atoms with Crippen LogP contribution in [0.4, 0.5) is 20.5 Å². The molecule has 1 aromatic carbocycles. The van der Waals surface area contributed by atoms with E-state index in [9.17, 15) is 8.78 Å². The Labute approximate surface area is 190 Å². The lowest BCUT2D eigenvalue weighted by Crippen LogP contribution is -2.48. The summed E-state index contributed by atoms with van der Waals surface area (Å²) in [4.78, 5) is 15.7.